The number of para-hydroxylation sites is 1. The Morgan fingerprint density at radius 3 is 2.62 bits per heavy atom. The predicted molar refractivity (Wildman–Crippen MR) is 101 cm³/mol. The molecule has 0 saturated carbocycles. The van der Waals surface area contributed by atoms with E-state index in [1.807, 2.05) is 25.1 Å². The smallest absolute Gasteiger partial charge is 0.241 e. The molecule has 6 heteroatoms. The van der Waals surface area contributed by atoms with Gasteiger partial charge >= 0.3 is 0 Å². The first-order chi connectivity index (χ1) is 11.6. The minimum absolute atomic E-state index is 0.00481. The second-order valence-electron chi connectivity index (χ2n) is 6.04. The van der Waals surface area contributed by atoms with Gasteiger partial charge in [-0.1, -0.05) is 29.8 Å². The normalized spacial score (nSPS) is 17.6. The van der Waals surface area contributed by atoms with Gasteiger partial charge in [0.2, 0.25) is 5.91 Å². The lowest BCUT2D eigenvalue weighted by Gasteiger charge is -2.37. The number of amides is 1. The van der Waals surface area contributed by atoms with Crippen molar-refractivity contribution in [1.82, 2.24) is 9.80 Å². The highest BCUT2D eigenvalue weighted by molar-refractivity contribution is 7.09. The molecule has 1 aromatic heterocycles. The average Bonchev–Trinajstić information content (AvgIpc) is 3.10. The van der Waals surface area contributed by atoms with Gasteiger partial charge in [-0.2, -0.15) is 0 Å². The molecule has 1 aliphatic heterocycles. The summed E-state index contributed by atoms with van der Waals surface area (Å²) in [5, 5.41) is 5.62. The molecule has 1 atom stereocenters. The first kappa shape index (κ1) is 17.4. The molecule has 1 unspecified atom stereocenters. The molecule has 1 aromatic carbocycles. The number of thiophene rings is 1. The van der Waals surface area contributed by atoms with Gasteiger partial charge < -0.3 is 5.32 Å². The zero-order chi connectivity index (χ0) is 16.9. The van der Waals surface area contributed by atoms with E-state index in [9.17, 15) is 4.79 Å². The van der Waals surface area contributed by atoms with E-state index in [0.717, 1.165) is 32.7 Å². The molecule has 1 N–H and O–H groups in total. The Labute approximate surface area is 152 Å². The Hall–Kier alpha value is -1.40. The van der Waals surface area contributed by atoms with Crippen LogP contribution in [-0.4, -0.2) is 47.9 Å². The van der Waals surface area contributed by atoms with Crippen molar-refractivity contribution in [3.8, 4) is 0 Å². The summed E-state index contributed by atoms with van der Waals surface area (Å²) in [6.07, 6.45) is 0. The Kier molecular flexibility index (Phi) is 5.89. The van der Waals surface area contributed by atoms with E-state index in [0.29, 0.717) is 10.7 Å². The van der Waals surface area contributed by atoms with Gasteiger partial charge in [0.15, 0.2) is 0 Å². The van der Waals surface area contributed by atoms with Crippen molar-refractivity contribution in [2.75, 3.05) is 31.5 Å². The van der Waals surface area contributed by atoms with Crippen LogP contribution in [0.3, 0.4) is 0 Å². The summed E-state index contributed by atoms with van der Waals surface area (Å²) in [6, 6.07) is 11.4. The molecule has 1 amide bonds. The number of carbonyl (C=O) groups is 1. The molecule has 0 radical (unpaired) electrons. The fraction of sp³-hybridized carbons (Fsp3) is 0.389. The number of halogens is 1. The van der Waals surface area contributed by atoms with Gasteiger partial charge in [-0.15, -0.1) is 11.3 Å². The first-order valence-electron chi connectivity index (χ1n) is 8.17. The molecule has 1 fully saturated rings. The van der Waals surface area contributed by atoms with Crippen LogP contribution in [0.25, 0.3) is 0 Å². The number of carbonyl (C=O) groups excluding carboxylic acids is 1. The zero-order valence-corrected chi connectivity index (χ0v) is 15.3. The topological polar surface area (TPSA) is 35.6 Å². The van der Waals surface area contributed by atoms with E-state index >= 15 is 0 Å². The van der Waals surface area contributed by atoms with Crippen molar-refractivity contribution in [3.63, 3.8) is 0 Å². The van der Waals surface area contributed by atoms with Gasteiger partial charge in [0.05, 0.1) is 16.8 Å². The Balaban J connectivity index is 1.50. The molecule has 24 heavy (non-hydrogen) atoms. The van der Waals surface area contributed by atoms with Crippen molar-refractivity contribution >= 4 is 34.5 Å². The van der Waals surface area contributed by atoms with E-state index in [2.05, 4.69) is 32.6 Å². The third-order valence-electron chi connectivity index (χ3n) is 4.43. The van der Waals surface area contributed by atoms with Crippen LogP contribution in [-0.2, 0) is 11.3 Å². The lowest BCUT2D eigenvalue weighted by atomic mass is 10.2. The van der Waals surface area contributed by atoms with Gasteiger partial charge in [0.1, 0.15) is 0 Å². The van der Waals surface area contributed by atoms with Crippen LogP contribution in [0.2, 0.25) is 5.02 Å². The van der Waals surface area contributed by atoms with Crippen LogP contribution in [0.1, 0.15) is 11.8 Å². The predicted octanol–water partition coefficient (Wildman–Crippen LogP) is 3.55. The van der Waals surface area contributed by atoms with Crippen LogP contribution in [0.4, 0.5) is 5.69 Å². The van der Waals surface area contributed by atoms with E-state index in [-0.39, 0.29) is 11.9 Å². The molecule has 2 heterocycles. The molecule has 128 valence electrons. The molecule has 0 bridgehead atoms. The standard InChI is InChI=1S/C18H22ClN3OS/c1-14(18(23)20-17-7-3-2-6-16(17)19)22-10-8-21(9-11-22)13-15-5-4-12-24-15/h2-7,12,14H,8-11,13H2,1H3,(H,20,23). The number of nitrogens with zero attached hydrogens (tertiary/aromatic N) is 2. The second-order valence-corrected chi connectivity index (χ2v) is 7.48. The highest BCUT2D eigenvalue weighted by atomic mass is 35.5. The summed E-state index contributed by atoms with van der Waals surface area (Å²) >= 11 is 7.91. The summed E-state index contributed by atoms with van der Waals surface area (Å²) in [4.78, 5) is 18.6. The Morgan fingerprint density at radius 2 is 1.96 bits per heavy atom. The van der Waals surface area contributed by atoms with Gasteiger partial charge in [-0.3, -0.25) is 14.6 Å². The van der Waals surface area contributed by atoms with Crippen molar-refractivity contribution < 1.29 is 4.79 Å². The number of hydrogen-bond donors (Lipinski definition) is 1. The van der Waals surface area contributed by atoms with E-state index in [1.54, 1.807) is 17.4 Å². The van der Waals surface area contributed by atoms with Gasteiger partial charge in [-0.25, -0.2) is 0 Å². The summed E-state index contributed by atoms with van der Waals surface area (Å²) < 4.78 is 0. The number of piperazine rings is 1. The molecule has 1 saturated heterocycles. The van der Waals surface area contributed by atoms with Crippen molar-refractivity contribution in [3.05, 3.63) is 51.7 Å². The number of rotatable bonds is 5. The average molecular weight is 364 g/mol. The number of nitrogens with one attached hydrogen (secondary N) is 1. The summed E-state index contributed by atoms with van der Waals surface area (Å²) in [6.45, 7) is 6.75. The molecule has 0 aliphatic carbocycles. The van der Waals surface area contributed by atoms with Crippen molar-refractivity contribution in [2.45, 2.75) is 19.5 Å². The van der Waals surface area contributed by atoms with Crippen LogP contribution in [0.5, 0.6) is 0 Å². The highest BCUT2D eigenvalue weighted by Crippen LogP contribution is 2.21. The summed E-state index contributed by atoms with van der Waals surface area (Å²) in [5.74, 6) is -0.00481. The van der Waals surface area contributed by atoms with Crippen LogP contribution in [0, 0.1) is 0 Å². The number of hydrogen-bond acceptors (Lipinski definition) is 4. The highest BCUT2D eigenvalue weighted by Gasteiger charge is 2.26. The minimum atomic E-state index is -0.162. The zero-order valence-electron chi connectivity index (χ0n) is 13.7. The second kappa shape index (κ2) is 8.12. The largest absolute Gasteiger partial charge is 0.323 e. The molecule has 0 spiro atoms. The van der Waals surface area contributed by atoms with E-state index in [4.69, 9.17) is 11.6 Å². The van der Waals surface area contributed by atoms with E-state index in [1.165, 1.54) is 4.88 Å². The SMILES string of the molecule is CC(C(=O)Nc1ccccc1Cl)N1CCN(Cc2cccs2)CC1. The first-order valence-corrected chi connectivity index (χ1v) is 9.43. The maximum absolute atomic E-state index is 12.5. The van der Waals surface area contributed by atoms with Gasteiger partial charge in [0, 0.05) is 37.6 Å². The summed E-state index contributed by atoms with van der Waals surface area (Å²) in [7, 11) is 0. The van der Waals surface area contributed by atoms with Crippen LogP contribution >= 0.6 is 22.9 Å². The van der Waals surface area contributed by atoms with Crippen LogP contribution in [0.15, 0.2) is 41.8 Å². The molecule has 1 aliphatic rings. The monoisotopic (exact) mass is 363 g/mol. The summed E-state index contributed by atoms with van der Waals surface area (Å²) in [5.41, 5.74) is 0.673. The third-order valence-corrected chi connectivity index (χ3v) is 5.62. The molecule has 2 aromatic rings. The maximum Gasteiger partial charge on any atom is 0.241 e. The van der Waals surface area contributed by atoms with E-state index < -0.39 is 0 Å². The quantitative estimate of drug-likeness (QED) is 0.882. The molecule has 4 nitrogen and oxygen atoms in total. The number of benzene rings is 1. The maximum atomic E-state index is 12.5. The lowest BCUT2D eigenvalue weighted by molar-refractivity contribution is -0.121. The lowest BCUT2D eigenvalue weighted by Crippen LogP contribution is -2.52. The molecular weight excluding hydrogens is 342 g/mol. The Bertz CT molecular complexity index is 669. The van der Waals surface area contributed by atoms with Crippen molar-refractivity contribution in [1.29, 1.82) is 0 Å². The van der Waals surface area contributed by atoms with Crippen molar-refractivity contribution in [2.24, 2.45) is 0 Å². The molecule has 3 rings (SSSR count). The fourth-order valence-corrected chi connectivity index (χ4v) is 3.83. The minimum Gasteiger partial charge on any atom is -0.323 e. The fourth-order valence-electron chi connectivity index (χ4n) is 2.90. The van der Waals surface area contributed by atoms with Gasteiger partial charge in [-0.05, 0) is 30.5 Å². The third kappa shape index (κ3) is 4.36. The van der Waals surface area contributed by atoms with Crippen LogP contribution < -0.4 is 5.32 Å². The molecular formula is C18H22ClN3OS. The van der Waals surface area contributed by atoms with Gasteiger partial charge in [0.25, 0.3) is 0 Å². The number of anilines is 1. The Morgan fingerprint density at radius 1 is 1.21 bits per heavy atom.